The van der Waals surface area contributed by atoms with Crippen molar-refractivity contribution in [1.29, 1.82) is 0 Å². The van der Waals surface area contributed by atoms with Gasteiger partial charge in [0.15, 0.2) is 11.5 Å². The molecule has 1 atom stereocenters. The van der Waals surface area contributed by atoms with Crippen molar-refractivity contribution >= 4 is 17.5 Å². The minimum absolute atomic E-state index is 0.0134. The van der Waals surface area contributed by atoms with Crippen LogP contribution in [-0.4, -0.2) is 38.1 Å². The smallest absolute Gasteiger partial charge is 0.252 e. The predicted molar refractivity (Wildman–Crippen MR) is 131 cm³/mol. The summed E-state index contributed by atoms with van der Waals surface area (Å²) in [6.07, 6.45) is 0.899. The van der Waals surface area contributed by atoms with Crippen molar-refractivity contribution < 1.29 is 14.3 Å². The summed E-state index contributed by atoms with van der Waals surface area (Å²) in [4.78, 5) is 15.3. The molecule has 0 saturated carbocycles. The number of hydrogen-bond donors (Lipinski definition) is 1. The Morgan fingerprint density at radius 2 is 1.82 bits per heavy atom. The van der Waals surface area contributed by atoms with Crippen molar-refractivity contribution in [2.75, 3.05) is 27.3 Å². The standard InChI is InChI=1S/C27H29ClN2O3/c1-18-7-6-8-19(13-18)17-30-12-11-20-14-25(32-2)26(33-3)15-22(20)24(30)16-29-27(31)21-9-4-5-10-23(21)28/h4-10,13-15,24H,11-12,16-17H2,1-3H3,(H,29,31)/t24-/m1/s1. The molecule has 1 aliphatic heterocycles. The Bertz CT molecular complexity index is 1150. The SMILES string of the molecule is COc1cc2c(cc1OC)[C@@H](CNC(=O)c1ccccc1Cl)N(Cc1cccc(C)c1)CC2. The van der Waals surface area contributed by atoms with Crippen LogP contribution in [0.4, 0.5) is 0 Å². The topological polar surface area (TPSA) is 50.8 Å². The Balaban J connectivity index is 1.64. The molecular formula is C27H29ClN2O3. The van der Waals surface area contributed by atoms with Gasteiger partial charge in [-0.1, -0.05) is 53.6 Å². The van der Waals surface area contributed by atoms with E-state index in [9.17, 15) is 4.79 Å². The highest BCUT2D eigenvalue weighted by atomic mass is 35.5. The fourth-order valence-corrected chi connectivity index (χ4v) is 4.70. The molecule has 33 heavy (non-hydrogen) atoms. The fourth-order valence-electron chi connectivity index (χ4n) is 4.48. The van der Waals surface area contributed by atoms with Gasteiger partial charge in [0.2, 0.25) is 0 Å². The van der Waals surface area contributed by atoms with Crippen molar-refractivity contribution in [2.24, 2.45) is 0 Å². The lowest BCUT2D eigenvalue weighted by Crippen LogP contribution is -2.41. The van der Waals surface area contributed by atoms with Gasteiger partial charge in [-0.25, -0.2) is 0 Å². The molecule has 0 saturated heterocycles. The Labute approximate surface area is 200 Å². The summed E-state index contributed by atoms with van der Waals surface area (Å²) in [7, 11) is 3.30. The molecule has 0 bridgehead atoms. The second-order valence-corrected chi connectivity index (χ2v) is 8.73. The van der Waals surface area contributed by atoms with Gasteiger partial charge in [-0.3, -0.25) is 9.69 Å². The fraction of sp³-hybridized carbons (Fsp3) is 0.296. The molecule has 1 amide bonds. The van der Waals surface area contributed by atoms with E-state index in [1.165, 1.54) is 16.7 Å². The van der Waals surface area contributed by atoms with Crippen molar-refractivity contribution in [3.63, 3.8) is 0 Å². The predicted octanol–water partition coefficient (Wildman–Crippen LogP) is 5.20. The zero-order valence-corrected chi connectivity index (χ0v) is 20.0. The van der Waals surface area contributed by atoms with E-state index in [0.717, 1.165) is 30.8 Å². The molecule has 4 rings (SSSR count). The molecule has 3 aromatic carbocycles. The molecule has 0 aliphatic carbocycles. The Kier molecular flexibility index (Phi) is 7.21. The number of fused-ring (bicyclic) bond motifs is 1. The molecule has 0 fully saturated rings. The van der Waals surface area contributed by atoms with Gasteiger partial charge in [0.25, 0.3) is 5.91 Å². The van der Waals surface area contributed by atoms with Crippen molar-refractivity contribution in [2.45, 2.75) is 25.9 Å². The minimum atomic E-state index is -0.177. The number of methoxy groups -OCH3 is 2. The van der Waals surface area contributed by atoms with E-state index < -0.39 is 0 Å². The van der Waals surface area contributed by atoms with Crippen LogP contribution in [0.5, 0.6) is 11.5 Å². The van der Waals surface area contributed by atoms with Crippen molar-refractivity contribution in [3.05, 3.63) is 93.5 Å². The average molecular weight is 465 g/mol. The van der Waals surface area contributed by atoms with Crippen LogP contribution in [0.1, 0.15) is 38.7 Å². The Hall–Kier alpha value is -3.02. The maximum absolute atomic E-state index is 12.9. The molecule has 1 aliphatic rings. The van der Waals surface area contributed by atoms with E-state index in [1.54, 1.807) is 26.4 Å². The van der Waals surface area contributed by atoms with Gasteiger partial charge >= 0.3 is 0 Å². The van der Waals surface area contributed by atoms with Crippen LogP contribution in [0.15, 0.2) is 60.7 Å². The first-order valence-electron chi connectivity index (χ1n) is 11.1. The average Bonchev–Trinajstić information content (AvgIpc) is 2.82. The third-order valence-electron chi connectivity index (χ3n) is 6.16. The number of ether oxygens (including phenoxy) is 2. The van der Waals surface area contributed by atoms with Gasteiger partial charge in [-0.15, -0.1) is 0 Å². The van der Waals surface area contributed by atoms with E-state index >= 15 is 0 Å². The molecule has 0 spiro atoms. The number of aryl methyl sites for hydroxylation is 1. The van der Waals surface area contributed by atoms with Crippen molar-refractivity contribution in [1.82, 2.24) is 10.2 Å². The normalized spacial score (nSPS) is 15.6. The van der Waals surface area contributed by atoms with Crippen LogP contribution in [0.3, 0.4) is 0 Å². The molecule has 1 N–H and O–H groups in total. The second kappa shape index (κ2) is 10.3. The first-order chi connectivity index (χ1) is 16.0. The first-order valence-corrected chi connectivity index (χ1v) is 11.4. The summed E-state index contributed by atoms with van der Waals surface area (Å²) in [6.45, 7) is 4.23. The lowest BCUT2D eigenvalue weighted by Gasteiger charge is -2.38. The van der Waals surface area contributed by atoms with Gasteiger partial charge in [0, 0.05) is 19.6 Å². The zero-order chi connectivity index (χ0) is 23.4. The summed E-state index contributed by atoms with van der Waals surface area (Å²) < 4.78 is 11.1. The number of carbonyl (C=O) groups excluding carboxylic acids is 1. The number of benzene rings is 3. The molecule has 172 valence electrons. The van der Waals surface area contributed by atoms with Gasteiger partial charge < -0.3 is 14.8 Å². The number of nitrogens with one attached hydrogen (secondary N) is 1. The second-order valence-electron chi connectivity index (χ2n) is 8.32. The van der Waals surface area contributed by atoms with Gasteiger partial charge in [0.1, 0.15) is 0 Å². The number of nitrogens with zero attached hydrogens (tertiary/aromatic N) is 1. The minimum Gasteiger partial charge on any atom is -0.493 e. The lowest BCUT2D eigenvalue weighted by molar-refractivity contribution is 0.0926. The number of carbonyl (C=O) groups is 1. The highest BCUT2D eigenvalue weighted by molar-refractivity contribution is 6.33. The number of hydrogen-bond acceptors (Lipinski definition) is 4. The molecule has 0 unspecified atom stereocenters. The van der Waals surface area contributed by atoms with Gasteiger partial charge in [0.05, 0.1) is 30.8 Å². The monoisotopic (exact) mass is 464 g/mol. The van der Waals surface area contributed by atoms with Crippen LogP contribution >= 0.6 is 11.6 Å². The summed E-state index contributed by atoms with van der Waals surface area (Å²) in [6, 6.07) is 19.7. The van der Waals surface area contributed by atoms with Crippen LogP contribution in [0, 0.1) is 6.92 Å². The number of amides is 1. The zero-order valence-electron chi connectivity index (χ0n) is 19.2. The van der Waals surface area contributed by atoms with E-state index in [-0.39, 0.29) is 11.9 Å². The first kappa shape index (κ1) is 23.1. The third-order valence-corrected chi connectivity index (χ3v) is 6.49. The molecular weight excluding hydrogens is 436 g/mol. The van der Waals surface area contributed by atoms with E-state index in [2.05, 4.69) is 47.5 Å². The molecule has 6 heteroatoms. The third kappa shape index (κ3) is 5.15. The number of rotatable bonds is 7. The highest BCUT2D eigenvalue weighted by Gasteiger charge is 2.30. The van der Waals surface area contributed by atoms with Crippen molar-refractivity contribution in [3.8, 4) is 11.5 Å². The molecule has 1 heterocycles. The van der Waals surface area contributed by atoms with E-state index in [0.29, 0.717) is 22.9 Å². The van der Waals surface area contributed by atoms with E-state index in [4.69, 9.17) is 21.1 Å². The summed E-state index contributed by atoms with van der Waals surface area (Å²) >= 11 is 6.24. The summed E-state index contributed by atoms with van der Waals surface area (Å²) in [5, 5.41) is 3.55. The summed E-state index contributed by atoms with van der Waals surface area (Å²) in [5.74, 6) is 1.24. The Morgan fingerprint density at radius 1 is 1.06 bits per heavy atom. The molecule has 0 aromatic heterocycles. The van der Waals surface area contributed by atoms with Crippen LogP contribution in [0.2, 0.25) is 5.02 Å². The molecule has 5 nitrogen and oxygen atoms in total. The number of halogens is 1. The van der Waals surface area contributed by atoms with Crippen LogP contribution < -0.4 is 14.8 Å². The maximum atomic E-state index is 12.9. The van der Waals surface area contributed by atoms with Crippen LogP contribution in [-0.2, 0) is 13.0 Å². The van der Waals surface area contributed by atoms with Crippen LogP contribution in [0.25, 0.3) is 0 Å². The lowest BCUT2D eigenvalue weighted by atomic mass is 9.91. The van der Waals surface area contributed by atoms with Gasteiger partial charge in [-0.2, -0.15) is 0 Å². The molecule has 0 radical (unpaired) electrons. The largest absolute Gasteiger partial charge is 0.493 e. The van der Waals surface area contributed by atoms with Gasteiger partial charge in [-0.05, 0) is 54.3 Å². The maximum Gasteiger partial charge on any atom is 0.252 e. The Morgan fingerprint density at radius 3 is 2.55 bits per heavy atom. The summed E-state index contributed by atoms with van der Waals surface area (Å²) in [5.41, 5.74) is 5.32. The molecule has 3 aromatic rings. The quantitative estimate of drug-likeness (QED) is 0.522. The highest BCUT2D eigenvalue weighted by Crippen LogP contribution is 2.38. The van der Waals surface area contributed by atoms with E-state index in [1.807, 2.05) is 18.2 Å².